The molecule has 0 spiro atoms. The van der Waals surface area contributed by atoms with Crippen LogP contribution in [0.4, 0.5) is 0 Å². The SMILES string of the molecule is CC1CC(C2NCCCC2N)CCN1. The molecule has 2 heterocycles. The Labute approximate surface area is 86.8 Å². The lowest BCUT2D eigenvalue weighted by molar-refractivity contribution is 0.198. The Morgan fingerprint density at radius 1 is 1.14 bits per heavy atom. The summed E-state index contributed by atoms with van der Waals surface area (Å²) in [6, 6.07) is 1.64. The molecule has 0 amide bonds. The standard InChI is InChI=1S/C11H23N3/c1-8-7-9(4-6-13-8)11-10(12)3-2-5-14-11/h8-11,13-14H,2-7,12H2,1H3. The van der Waals surface area contributed by atoms with E-state index in [2.05, 4.69) is 17.6 Å². The van der Waals surface area contributed by atoms with Gasteiger partial charge in [-0.3, -0.25) is 0 Å². The minimum absolute atomic E-state index is 0.388. The fraction of sp³-hybridized carbons (Fsp3) is 1.00. The molecule has 0 aliphatic carbocycles. The van der Waals surface area contributed by atoms with E-state index in [1.165, 1.54) is 25.7 Å². The van der Waals surface area contributed by atoms with Crippen molar-refractivity contribution in [1.29, 1.82) is 0 Å². The number of nitrogens with one attached hydrogen (secondary N) is 2. The maximum Gasteiger partial charge on any atom is 0.0248 e. The summed E-state index contributed by atoms with van der Waals surface area (Å²) in [6.45, 7) is 4.61. The molecule has 14 heavy (non-hydrogen) atoms. The molecule has 2 aliphatic heterocycles. The second-order valence-corrected chi connectivity index (χ2v) is 4.93. The molecular weight excluding hydrogens is 174 g/mol. The fourth-order valence-electron chi connectivity index (χ4n) is 2.95. The maximum absolute atomic E-state index is 6.17. The van der Waals surface area contributed by atoms with E-state index < -0.39 is 0 Å². The number of rotatable bonds is 1. The molecule has 0 aromatic rings. The van der Waals surface area contributed by atoms with Gasteiger partial charge in [0.25, 0.3) is 0 Å². The van der Waals surface area contributed by atoms with Gasteiger partial charge >= 0.3 is 0 Å². The average molecular weight is 197 g/mol. The van der Waals surface area contributed by atoms with E-state index >= 15 is 0 Å². The molecule has 0 saturated carbocycles. The smallest absolute Gasteiger partial charge is 0.0248 e. The Kier molecular flexibility index (Phi) is 3.42. The summed E-state index contributed by atoms with van der Waals surface area (Å²) >= 11 is 0. The highest BCUT2D eigenvalue weighted by molar-refractivity contribution is 4.92. The number of piperidine rings is 2. The molecule has 3 heteroatoms. The predicted molar refractivity (Wildman–Crippen MR) is 59.2 cm³/mol. The predicted octanol–water partition coefficient (Wildman–Crippen LogP) is 0.454. The molecule has 0 aromatic heterocycles. The van der Waals surface area contributed by atoms with Gasteiger partial charge in [0.1, 0.15) is 0 Å². The summed E-state index contributed by atoms with van der Waals surface area (Å²) in [4.78, 5) is 0. The van der Waals surface area contributed by atoms with Crippen LogP contribution in [0.2, 0.25) is 0 Å². The van der Waals surface area contributed by atoms with E-state index in [1.807, 2.05) is 0 Å². The van der Waals surface area contributed by atoms with Crippen LogP contribution in [0.25, 0.3) is 0 Å². The Morgan fingerprint density at radius 3 is 2.71 bits per heavy atom. The highest BCUT2D eigenvalue weighted by Gasteiger charge is 2.31. The van der Waals surface area contributed by atoms with Crippen molar-refractivity contribution in [2.75, 3.05) is 13.1 Å². The van der Waals surface area contributed by atoms with Crippen molar-refractivity contribution < 1.29 is 0 Å². The third kappa shape index (κ3) is 2.27. The molecule has 4 atom stereocenters. The summed E-state index contributed by atoms with van der Waals surface area (Å²) < 4.78 is 0. The van der Waals surface area contributed by atoms with Crippen LogP contribution in [0, 0.1) is 5.92 Å². The molecule has 0 aromatic carbocycles. The van der Waals surface area contributed by atoms with E-state index in [1.54, 1.807) is 0 Å². The minimum Gasteiger partial charge on any atom is -0.326 e. The third-order valence-electron chi connectivity index (χ3n) is 3.73. The van der Waals surface area contributed by atoms with Crippen LogP contribution in [0.15, 0.2) is 0 Å². The molecule has 2 fully saturated rings. The summed E-state index contributed by atoms with van der Waals surface area (Å²) in [5.74, 6) is 0.793. The quantitative estimate of drug-likeness (QED) is 0.572. The molecule has 2 rings (SSSR count). The van der Waals surface area contributed by atoms with Gasteiger partial charge in [0.05, 0.1) is 0 Å². The molecular formula is C11H23N3. The largest absolute Gasteiger partial charge is 0.326 e. The van der Waals surface area contributed by atoms with Crippen LogP contribution in [0.1, 0.15) is 32.6 Å². The topological polar surface area (TPSA) is 50.1 Å². The zero-order chi connectivity index (χ0) is 9.97. The van der Waals surface area contributed by atoms with Gasteiger partial charge in [-0.15, -0.1) is 0 Å². The Bertz CT molecular complexity index is 183. The summed E-state index contributed by atoms with van der Waals surface area (Å²) in [5.41, 5.74) is 6.17. The Balaban J connectivity index is 1.91. The molecule has 3 nitrogen and oxygen atoms in total. The van der Waals surface area contributed by atoms with E-state index in [0.29, 0.717) is 18.1 Å². The van der Waals surface area contributed by atoms with Crippen molar-refractivity contribution in [2.24, 2.45) is 11.7 Å². The van der Waals surface area contributed by atoms with Gasteiger partial charge in [-0.25, -0.2) is 0 Å². The zero-order valence-electron chi connectivity index (χ0n) is 9.13. The fourth-order valence-corrected chi connectivity index (χ4v) is 2.95. The summed E-state index contributed by atoms with van der Waals surface area (Å²) in [7, 11) is 0. The van der Waals surface area contributed by atoms with Crippen LogP contribution in [0.5, 0.6) is 0 Å². The molecule has 4 N–H and O–H groups in total. The van der Waals surface area contributed by atoms with Gasteiger partial charge in [-0.1, -0.05) is 0 Å². The van der Waals surface area contributed by atoms with Crippen molar-refractivity contribution in [2.45, 2.75) is 50.7 Å². The average Bonchev–Trinajstić information content (AvgIpc) is 2.18. The molecule has 82 valence electrons. The van der Waals surface area contributed by atoms with E-state index in [9.17, 15) is 0 Å². The van der Waals surface area contributed by atoms with Gasteiger partial charge in [0.2, 0.25) is 0 Å². The molecule has 4 unspecified atom stereocenters. The zero-order valence-corrected chi connectivity index (χ0v) is 9.13. The normalized spacial score (nSPS) is 45.0. The highest BCUT2D eigenvalue weighted by Crippen LogP contribution is 2.24. The van der Waals surface area contributed by atoms with E-state index in [0.717, 1.165) is 19.0 Å². The van der Waals surface area contributed by atoms with Crippen LogP contribution in [-0.2, 0) is 0 Å². The van der Waals surface area contributed by atoms with Crippen molar-refractivity contribution >= 4 is 0 Å². The Hall–Kier alpha value is -0.120. The van der Waals surface area contributed by atoms with Crippen LogP contribution in [-0.4, -0.2) is 31.2 Å². The molecule has 0 bridgehead atoms. The maximum atomic E-state index is 6.17. The third-order valence-corrected chi connectivity index (χ3v) is 3.73. The lowest BCUT2D eigenvalue weighted by Gasteiger charge is -2.39. The Morgan fingerprint density at radius 2 is 2.00 bits per heavy atom. The van der Waals surface area contributed by atoms with E-state index in [4.69, 9.17) is 5.73 Å². The first-order valence-electron chi connectivity index (χ1n) is 5.99. The summed E-state index contributed by atoms with van der Waals surface area (Å²) in [5, 5.41) is 7.10. The van der Waals surface area contributed by atoms with Crippen LogP contribution < -0.4 is 16.4 Å². The lowest BCUT2D eigenvalue weighted by atomic mass is 9.81. The van der Waals surface area contributed by atoms with Crippen molar-refractivity contribution in [3.63, 3.8) is 0 Å². The first-order valence-corrected chi connectivity index (χ1v) is 5.99. The number of nitrogens with two attached hydrogens (primary N) is 1. The lowest BCUT2D eigenvalue weighted by Crippen LogP contribution is -2.56. The van der Waals surface area contributed by atoms with Gasteiger partial charge in [0, 0.05) is 18.1 Å². The van der Waals surface area contributed by atoms with Crippen molar-refractivity contribution in [3.8, 4) is 0 Å². The highest BCUT2D eigenvalue weighted by atomic mass is 15.0. The van der Waals surface area contributed by atoms with Crippen molar-refractivity contribution in [1.82, 2.24) is 10.6 Å². The molecule has 2 saturated heterocycles. The van der Waals surface area contributed by atoms with Crippen molar-refractivity contribution in [3.05, 3.63) is 0 Å². The first kappa shape index (κ1) is 10.4. The van der Waals surface area contributed by atoms with Gasteiger partial charge in [0.15, 0.2) is 0 Å². The van der Waals surface area contributed by atoms with E-state index in [-0.39, 0.29) is 0 Å². The second-order valence-electron chi connectivity index (χ2n) is 4.93. The van der Waals surface area contributed by atoms with Gasteiger partial charge in [-0.05, 0) is 51.6 Å². The molecule has 2 aliphatic rings. The monoisotopic (exact) mass is 197 g/mol. The van der Waals surface area contributed by atoms with Crippen LogP contribution >= 0.6 is 0 Å². The number of hydrogen-bond donors (Lipinski definition) is 3. The van der Waals surface area contributed by atoms with Gasteiger partial charge < -0.3 is 16.4 Å². The first-order chi connectivity index (χ1) is 6.77. The summed E-state index contributed by atoms with van der Waals surface area (Å²) in [6.07, 6.45) is 5.02. The number of hydrogen-bond acceptors (Lipinski definition) is 3. The minimum atomic E-state index is 0.388. The second kappa shape index (κ2) is 4.60. The molecule has 0 radical (unpaired) electrons. The van der Waals surface area contributed by atoms with Crippen LogP contribution in [0.3, 0.4) is 0 Å². The van der Waals surface area contributed by atoms with Gasteiger partial charge in [-0.2, -0.15) is 0 Å².